The van der Waals surface area contributed by atoms with E-state index in [4.69, 9.17) is 11.5 Å². The summed E-state index contributed by atoms with van der Waals surface area (Å²) in [6, 6.07) is 1.39. The average Bonchev–Trinajstić information content (AvgIpc) is 1.96. The second-order valence-corrected chi connectivity index (χ2v) is 2.22. The third kappa shape index (κ3) is 2.29. The fraction of sp³-hybridized carbons (Fsp3) is 0. The van der Waals surface area contributed by atoms with Crippen LogP contribution in [0.15, 0.2) is 12.1 Å². The van der Waals surface area contributed by atoms with Crippen molar-refractivity contribution in [2.45, 2.75) is 0 Å². The van der Waals surface area contributed by atoms with Gasteiger partial charge in [0.05, 0.1) is 5.56 Å². The maximum absolute atomic E-state index is 12.5. The Morgan fingerprint density at radius 1 is 1.23 bits per heavy atom. The molecule has 3 nitrogen and oxygen atoms in total. The second kappa shape index (κ2) is 4.04. The molecule has 1 aromatic carbocycles. The topological polar surface area (TPSA) is 69.1 Å². The number of halogens is 3. The molecule has 1 aromatic rings. The Hall–Kier alpha value is -1.36. The first-order valence-electron chi connectivity index (χ1n) is 3.06. The predicted octanol–water partition coefficient (Wildman–Crippen LogP) is 1.07. The van der Waals surface area contributed by atoms with Gasteiger partial charge in [-0.2, -0.15) is 0 Å². The molecule has 72 valence electrons. The second-order valence-electron chi connectivity index (χ2n) is 2.22. The van der Waals surface area contributed by atoms with E-state index in [0.29, 0.717) is 6.07 Å². The van der Waals surface area contributed by atoms with Gasteiger partial charge in [-0.05, 0) is 6.07 Å². The minimum Gasteiger partial charge on any atom is -0.398 e. The molecule has 6 heteroatoms. The van der Waals surface area contributed by atoms with Gasteiger partial charge in [-0.3, -0.25) is 4.79 Å². The van der Waals surface area contributed by atoms with E-state index in [1.54, 1.807) is 0 Å². The summed E-state index contributed by atoms with van der Waals surface area (Å²) in [5.41, 5.74) is 9.63. The molecule has 1 amide bonds. The molecule has 0 spiro atoms. The van der Waals surface area contributed by atoms with Gasteiger partial charge < -0.3 is 11.5 Å². The van der Waals surface area contributed by atoms with Crippen LogP contribution >= 0.6 is 12.4 Å². The number of rotatable bonds is 1. The van der Waals surface area contributed by atoms with Crippen LogP contribution in [0.1, 0.15) is 10.4 Å². The van der Waals surface area contributed by atoms with Gasteiger partial charge in [-0.25, -0.2) is 8.78 Å². The molecule has 0 atom stereocenters. The lowest BCUT2D eigenvalue weighted by Crippen LogP contribution is -2.14. The smallest absolute Gasteiger partial charge is 0.250 e. The lowest BCUT2D eigenvalue weighted by Gasteiger charge is -2.01. The fourth-order valence-electron chi connectivity index (χ4n) is 0.776. The monoisotopic (exact) mass is 208 g/mol. The minimum atomic E-state index is -1.14. The summed E-state index contributed by atoms with van der Waals surface area (Å²) in [6.45, 7) is 0. The van der Waals surface area contributed by atoms with Crippen molar-refractivity contribution in [1.29, 1.82) is 0 Å². The van der Waals surface area contributed by atoms with Crippen molar-refractivity contribution in [3.8, 4) is 0 Å². The molecule has 0 saturated carbocycles. The molecule has 13 heavy (non-hydrogen) atoms. The van der Waals surface area contributed by atoms with E-state index in [0.717, 1.165) is 6.07 Å². The summed E-state index contributed by atoms with van der Waals surface area (Å²) in [5, 5.41) is 0. The van der Waals surface area contributed by atoms with Crippen LogP contribution in [0.2, 0.25) is 0 Å². The number of benzene rings is 1. The molecule has 0 aliphatic rings. The number of carbonyl (C=O) groups excluding carboxylic acids is 1. The van der Waals surface area contributed by atoms with Crippen LogP contribution < -0.4 is 11.5 Å². The fourth-order valence-corrected chi connectivity index (χ4v) is 0.776. The molecule has 0 aromatic heterocycles. The van der Waals surface area contributed by atoms with E-state index in [-0.39, 0.29) is 23.7 Å². The molecule has 0 unspecified atom stereocenters. The van der Waals surface area contributed by atoms with Crippen LogP contribution in [-0.2, 0) is 0 Å². The molecule has 0 saturated heterocycles. The Morgan fingerprint density at radius 3 is 2.15 bits per heavy atom. The quantitative estimate of drug-likeness (QED) is 0.678. The van der Waals surface area contributed by atoms with E-state index < -0.39 is 17.5 Å². The van der Waals surface area contributed by atoms with Crippen LogP contribution in [0.5, 0.6) is 0 Å². The first-order valence-corrected chi connectivity index (χ1v) is 3.06. The number of nitrogen functional groups attached to an aromatic ring is 1. The lowest BCUT2D eigenvalue weighted by atomic mass is 10.1. The zero-order valence-corrected chi connectivity index (χ0v) is 7.20. The van der Waals surface area contributed by atoms with Crippen LogP contribution in [0.3, 0.4) is 0 Å². The number of amides is 1. The van der Waals surface area contributed by atoms with Gasteiger partial charge in [-0.1, -0.05) is 0 Å². The third-order valence-electron chi connectivity index (χ3n) is 1.36. The van der Waals surface area contributed by atoms with Crippen molar-refractivity contribution in [2.24, 2.45) is 5.73 Å². The van der Waals surface area contributed by atoms with E-state index in [1.807, 2.05) is 0 Å². The Labute approximate surface area is 79.1 Å². The Kier molecular flexibility index (Phi) is 3.62. The number of carbonyl (C=O) groups is 1. The molecular formula is C7H7ClF2N2O. The highest BCUT2D eigenvalue weighted by molar-refractivity contribution is 5.97. The van der Waals surface area contributed by atoms with Crippen LogP contribution in [0.25, 0.3) is 0 Å². The maximum Gasteiger partial charge on any atom is 0.250 e. The number of nitrogens with two attached hydrogens (primary N) is 2. The molecule has 0 heterocycles. The van der Waals surface area contributed by atoms with Gasteiger partial charge in [0.15, 0.2) is 11.6 Å². The van der Waals surface area contributed by atoms with E-state index in [9.17, 15) is 13.6 Å². The van der Waals surface area contributed by atoms with Crippen molar-refractivity contribution >= 4 is 24.0 Å². The predicted molar refractivity (Wildman–Crippen MR) is 46.5 cm³/mol. The van der Waals surface area contributed by atoms with Gasteiger partial charge >= 0.3 is 0 Å². The van der Waals surface area contributed by atoms with Gasteiger partial charge in [0.1, 0.15) is 0 Å². The summed E-state index contributed by atoms with van der Waals surface area (Å²) < 4.78 is 24.9. The Bertz CT molecular complexity index is 344. The highest BCUT2D eigenvalue weighted by Gasteiger charge is 2.10. The van der Waals surface area contributed by atoms with Crippen molar-refractivity contribution in [3.63, 3.8) is 0 Å². The standard InChI is InChI=1S/C7H6F2N2O.ClH/c8-4-1-3(7(11)12)6(10)2-5(4)9;/h1-2H,10H2,(H2,11,12);1H. The highest BCUT2D eigenvalue weighted by Crippen LogP contribution is 2.15. The summed E-state index contributed by atoms with van der Waals surface area (Å²) in [7, 11) is 0. The van der Waals surface area contributed by atoms with Crippen LogP contribution in [0.4, 0.5) is 14.5 Å². The molecule has 0 aliphatic heterocycles. The van der Waals surface area contributed by atoms with Crippen LogP contribution in [-0.4, -0.2) is 5.91 Å². The lowest BCUT2D eigenvalue weighted by molar-refractivity contribution is 0.100. The van der Waals surface area contributed by atoms with E-state index >= 15 is 0 Å². The average molecular weight is 209 g/mol. The zero-order chi connectivity index (χ0) is 9.30. The largest absolute Gasteiger partial charge is 0.398 e. The van der Waals surface area contributed by atoms with Crippen molar-refractivity contribution < 1.29 is 13.6 Å². The van der Waals surface area contributed by atoms with Crippen molar-refractivity contribution in [3.05, 3.63) is 29.3 Å². The first-order chi connectivity index (χ1) is 5.52. The molecule has 4 N–H and O–H groups in total. The summed E-state index contributed by atoms with van der Waals surface area (Å²) in [4.78, 5) is 10.5. The highest BCUT2D eigenvalue weighted by atomic mass is 35.5. The minimum absolute atomic E-state index is 0. The molecule has 1 rings (SSSR count). The van der Waals surface area contributed by atoms with E-state index in [1.165, 1.54) is 0 Å². The van der Waals surface area contributed by atoms with E-state index in [2.05, 4.69) is 0 Å². The van der Waals surface area contributed by atoms with Crippen molar-refractivity contribution in [1.82, 2.24) is 0 Å². The number of hydrogen-bond donors (Lipinski definition) is 2. The first kappa shape index (κ1) is 11.6. The van der Waals surface area contributed by atoms with Gasteiger partial charge in [0, 0.05) is 11.8 Å². The normalized spacial score (nSPS) is 9.08. The molecule has 0 aliphatic carbocycles. The molecule has 0 bridgehead atoms. The molecule has 0 radical (unpaired) electrons. The van der Waals surface area contributed by atoms with Gasteiger partial charge in [-0.15, -0.1) is 12.4 Å². The summed E-state index contributed by atoms with van der Waals surface area (Å²) in [5.74, 6) is -3.12. The zero-order valence-electron chi connectivity index (χ0n) is 6.38. The summed E-state index contributed by atoms with van der Waals surface area (Å²) >= 11 is 0. The van der Waals surface area contributed by atoms with Crippen molar-refractivity contribution in [2.75, 3.05) is 5.73 Å². The number of anilines is 1. The SMILES string of the molecule is Cl.NC(=O)c1cc(F)c(F)cc1N. The third-order valence-corrected chi connectivity index (χ3v) is 1.36. The molecular weight excluding hydrogens is 202 g/mol. The van der Waals surface area contributed by atoms with Gasteiger partial charge in [0.2, 0.25) is 0 Å². The van der Waals surface area contributed by atoms with Crippen LogP contribution in [0, 0.1) is 11.6 Å². The number of primary amides is 1. The molecule has 0 fully saturated rings. The maximum atomic E-state index is 12.5. The Balaban J connectivity index is 0.00000144. The summed E-state index contributed by atoms with van der Waals surface area (Å²) in [6.07, 6.45) is 0. The Morgan fingerprint density at radius 2 is 1.69 bits per heavy atom. The number of hydrogen-bond acceptors (Lipinski definition) is 2. The van der Waals surface area contributed by atoms with Gasteiger partial charge in [0.25, 0.3) is 5.91 Å².